The summed E-state index contributed by atoms with van der Waals surface area (Å²) in [5.74, 6) is -0.0624. The zero-order valence-corrected chi connectivity index (χ0v) is 13.1. The van der Waals surface area contributed by atoms with Crippen molar-refractivity contribution in [1.29, 1.82) is 0 Å². The summed E-state index contributed by atoms with van der Waals surface area (Å²) >= 11 is 7.68. The molecule has 0 saturated carbocycles. The van der Waals surface area contributed by atoms with Crippen LogP contribution >= 0.6 is 28.6 Å². The first-order valence-electron chi connectivity index (χ1n) is 6.36. The Labute approximate surface area is 127 Å². The van der Waals surface area contributed by atoms with E-state index in [9.17, 15) is 4.79 Å². The minimum absolute atomic E-state index is 0.0624. The molecule has 0 aliphatic carbocycles. The number of carbonyl (C=O) groups is 1. The van der Waals surface area contributed by atoms with E-state index in [1.54, 1.807) is 6.07 Å². The number of piperazine rings is 1. The van der Waals surface area contributed by atoms with E-state index in [4.69, 9.17) is 0 Å². The van der Waals surface area contributed by atoms with Crippen LogP contribution in [0.15, 0.2) is 27.6 Å². The van der Waals surface area contributed by atoms with Crippen molar-refractivity contribution in [3.05, 3.63) is 28.2 Å². The molecular formula is C13H18BrN3OS. The number of hydrogen-bond acceptors (Lipinski definition) is 4. The highest BCUT2D eigenvalue weighted by atomic mass is 79.9. The maximum atomic E-state index is 12.0. The first kappa shape index (κ1) is 14.8. The number of nitrogens with zero attached hydrogens (tertiary/aromatic N) is 1. The summed E-state index contributed by atoms with van der Waals surface area (Å²) in [7, 11) is 0. The lowest BCUT2D eigenvalue weighted by Gasteiger charge is -2.27. The topological polar surface area (TPSA) is 44.4 Å². The predicted molar refractivity (Wildman–Crippen MR) is 83.0 cm³/mol. The molecule has 1 aliphatic heterocycles. The molecule has 0 atom stereocenters. The molecule has 2 N–H and O–H groups in total. The molecule has 1 aromatic carbocycles. The second kappa shape index (κ2) is 7.28. The van der Waals surface area contributed by atoms with E-state index in [2.05, 4.69) is 44.1 Å². The number of benzene rings is 1. The first-order valence-corrected chi connectivity index (χ1v) is 7.60. The van der Waals surface area contributed by atoms with E-state index >= 15 is 0 Å². The molecular weight excluding hydrogens is 326 g/mol. The molecule has 19 heavy (non-hydrogen) atoms. The lowest BCUT2D eigenvalue weighted by Crippen LogP contribution is -2.46. The third-order valence-corrected chi connectivity index (χ3v) is 3.99. The number of halogens is 1. The number of hydrogen-bond donors (Lipinski definition) is 3. The average molecular weight is 344 g/mol. The van der Waals surface area contributed by atoms with Crippen LogP contribution in [0.25, 0.3) is 0 Å². The van der Waals surface area contributed by atoms with Gasteiger partial charge in [-0.2, -0.15) is 0 Å². The van der Waals surface area contributed by atoms with Gasteiger partial charge in [0.1, 0.15) is 0 Å². The average Bonchev–Trinajstić information content (AvgIpc) is 2.39. The second-order valence-electron chi connectivity index (χ2n) is 4.51. The molecule has 1 aromatic rings. The van der Waals surface area contributed by atoms with Crippen molar-refractivity contribution in [3.8, 4) is 0 Å². The monoisotopic (exact) mass is 343 g/mol. The van der Waals surface area contributed by atoms with Crippen molar-refractivity contribution < 1.29 is 4.79 Å². The van der Waals surface area contributed by atoms with Gasteiger partial charge in [-0.3, -0.25) is 9.69 Å². The summed E-state index contributed by atoms with van der Waals surface area (Å²) in [6.45, 7) is 5.72. The van der Waals surface area contributed by atoms with Crippen molar-refractivity contribution in [3.63, 3.8) is 0 Å². The van der Waals surface area contributed by atoms with Crippen molar-refractivity contribution in [1.82, 2.24) is 15.5 Å². The summed E-state index contributed by atoms with van der Waals surface area (Å²) in [5, 5.41) is 6.25. The highest BCUT2D eigenvalue weighted by Crippen LogP contribution is 2.19. The zero-order valence-electron chi connectivity index (χ0n) is 10.7. The highest BCUT2D eigenvalue weighted by Gasteiger charge is 2.11. The lowest BCUT2D eigenvalue weighted by atomic mass is 10.2. The Morgan fingerprint density at radius 1 is 1.42 bits per heavy atom. The summed E-state index contributed by atoms with van der Waals surface area (Å²) in [6.07, 6.45) is 0. The minimum Gasteiger partial charge on any atom is -0.351 e. The molecule has 6 heteroatoms. The van der Waals surface area contributed by atoms with E-state index in [0.717, 1.165) is 37.2 Å². The fourth-order valence-corrected chi connectivity index (χ4v) is 2.91. The third kappa shape index (κ3) is 4.49. The van der Waals surface area contributed by atoms with Crippen LogP contribution in [0.4, 0.5) is 0 Å². The van der Waals surface area contributed by atoms with E-state index < -0.39 is 0 Å². The number of rotatable bonds is 4. The van der Waals surface area contributed by atoms with Crippen molar-refractivity contribution in [2.45, 2.75) is 4.90 Å². The molecule has 0 radical (unpaired) electrons. The van der Waals surface area contributed by atoms with Crippen molar-refractivity contribution in [2.75, 3.05) is 39.3 Å². The molecule has 0 aromatic heterocycles. The van der Waals surface area contributed by atoms with Crippen LogP contribution in [-0.4, -0.2) is 50.1 Å². The standard InChI is InChI=1S/C13H18BrN3OS/c14-10-1-2-11(12(19)9-10)13(18)16-5-8-17-6-3-15-4-7-17/h1-2,9,15,19H,3-8H2,(H,16,18). The Hall–Kier alpha value is -0.560. The summed E-state index contributed by atoms with van der Waals surface area (Å²) < 4.78 is 0.926. The van der Waals surface area contributed by atoms with Crippen LogP contribution < -0.4 is 10.6 Å². The van der Waals surface area contributed by atoms with Gasteiger partial charge in [0.25, 0.3) is 5.91 Å². The van der Waals surface area contributed by atoms with E-state index in [1.165, 1.54) is 0 Å². The zero-order chi connectivity index (χ0) is 13.7. The molecule has 4 nitrogen and oxygen atoms in total. The second-order valence-corrected chi connectivity index (χ2v) is 5.91. The smallest absolute Gasteiger partial charge is 0.252 e. The third-order valence-electron chi connectivity index (χ3n) is 3.13. The predicted octanol–water partition coefficient (Wildman–Crippen LogP) is 1.37. The molecule has 1 amide bonds. The van der Waals surface area contributed by atoms with Gasteiger partial charge < -0.3 is 10.6 Å². The van der Waals surface area contributed by atoms with Gasteiger partial charge in [0, 0.05) is 48.6 Å². The fraction of sp³-hybridized carbons (Fsp3) is 0.462. The summed E-state index contributed by atoms with van der Waals surface area (Å²) in [5.41, 5.74) is 0.617. The van der Waals surface area contributed by atoms with Crippen LogP contribution in [-0.2, 0) is 0 Å². The van der Waals surface area contributed by atoms with Crippen LogP contribution in [0.2, 0.25) is 0 Å². The van der Waals surface area contributed by atoms with Crippen molar-refractivity contribution in [2.24, 2.45) is 0 Å². The van der Waals surface area contributed by atoms with Crippen LogP contribution in [0.5, 0.6) is 0 Å². The molecule has 2 rings (SSSR count). The van der Waals surface area contributed by atoms with Gasteiger partial charge >= 0.3 is 0 Å². The number of carbonyl (C=O) groups excluding carboxylic acids is 1. The maximum absolute atomic E-state index is 12.0. The van der Waals surface area contributed by atoms with Gasteiger partial charge in [-0.25, -0.2) is 0 Å². The van der Waals surface area contributed by atoms with Gasteiger partial charge in [0.05, 0.1) is 5.56 Å². The molecule has 1 aliphatic rings. The van der Waals surface area contributed by atoms with Crippen molar-refractivity contribution >= 4 is 34.5 Å². The molecule has 1 fully saturated rings. The van der Waals surface area contributed by atoms with Gasteiger partial charge in [-0.15, -0.1) is 12.6 Å². The summed E-state index contributed by atoms with van der Waals surface area (Å²) in [4.78, 5) is 15.0. The van der Waals surface area contributed by atoms with Gasteiger partial charge in [-0.1, -0.05) is 15.9 Å². The maximum Gasteiger partial charge on any atom is 0.252 e. The van der Waals surface area contributed by atoms with E-state index in [-0.39, 0.29) is 5.91 Å². The van der Waals surface area contributed by atoms with E-state index in [0.29, 0.717) is 17.0 Å². The molecule has 0 unspecified atom stereocenters. The Morgan fingerprint density at radius 2 is 2.16 bits per heavy atom. The van der Waals surface area contributed by atoms with Crippen LogP contribution in [0.1, 0.15) is 10.4 Å². The number of nitrogens with one attached hydrogen (secondary N) is 2. The Bertz CT molecular complexity index is 450. The summed E-state index contributed by atoms with van der Waals surface area (Å²) in [6, 6.07) is 5.46. The fourth-order valence-electron chi connectivity index (χ4n) is 2.05. The van der Waals surface area contributed by atoms with Gasteiger partial charge in [0.15, 0.2) is 0 Å². The quantitative estimate of drug-likeness (QED) is 0.723. The molecule has 0 bridgehead atoms. The lowest BCUT2D eigenvalue weighted by molar-refractivity contribution is 0.0944. The molecule has 1 heterocycles. The molecule has 0 spiro atoms. The van der Waals surface area contributed by atoms with Gasteiger partial charge in [0.2, 0.25) is 0 Å². The molecule has 104 valence electrons. The Balaban J connectivity index is 1.80. The molecule has 1 saturated heterocycles. The SMILES string of the molecule is O=C(NCCN1CCNCC1)c1ccc(Br)cc1S. The number of thiol groups is 1. The Morgan fingerprint density at radius 3 is 2.84 bits per heavy atom. The highest BCUT2D eigenvalue weighted by molar-refractivity contribution is 9.10. The van der Waals surface area contributed by atoms with Gasteiger partial charge in [-0.05, 0) is 18.2 Å². The van der Waals surface area contributed by atoms with Crippen LogP contribution in [0, 0.1) is 0 Å². The Kier molecular flexibility index (Phi) is 5.69. The van der Waals surface area contributed by atoms with Crippen LogP contribution in [0.3, 0.4) is 0 Å². The largest absolute Gasteiger partial charge is 0.351 e. The van der Waals surface area contributed by atoms with E-state index in [1.807, 2.05) is 12.1 Å². The first-order chi connectivity index (χ1) is 9.16. The number of amides is 1. The minimum atomic E-state index is -0.0624. The normalized spacial score (nSPS) is 16.3.